The summed E-state index contributed by atoms with van der Waals surface area (Å²) in [5.74, 6) is 2.22. The molecular weight excluding hydrogens is 421 g/mol. The Labute approximate surface area is 179 Å². The topological polar surface area (TPSA) is 78.6 Å². The summed E-state index contributed by atoms with van der Waals surface area (Å²) in [7, 11) is 1.98. The number of benzene rings is 1. The molecule has 0 radical (unpaired) electrons. The number of hydrogen-bond acceptors (Lipinski definition) is 6. The van der Waals surface area contributed by atoms with E-state index in [1.807, 2.05) is 13.1 Å². The lowest BCUT2D eigenvalue weighted by Gasteiger charge is -2.22. The van der Waals surface area contributed by atoms with Crippen molar-refractivity contribution in [2.24, 2.45) is 7.05 Å². The van der Waals surface area contributed by atoms with Gasteiger partial charge in [0.25, 0.3) is 0 Å². The van der Waals surface area contributed by atoms with Crippen LogP contribution in [-0.2, 0) is 18.3 Å². The van der Waals surface area contributed by atoms with Crippen LogP contribution in [0.2, 0.25) is 0 Å². The maximum Gasteiger partial charge on any atom is 0.189 e. The zero-order valence-electron chi connectivity index (χ0n) is 16.0. The summed E-state index contributed by atoms with van der Waals surface area (Å²) in [5, 5.41) is 18.1. The minimum atomic E-state index is -0.847. The number of aliphatic hydroxyl groups excluding tert-OH is 2. The molecule has 9 heteroatoms. The molecule has 28 heavy (non-hydrogen) atoms. The number of thioether (sulfide) groups is 1. The van der Waals surface area contributed by atoms with Crippen molar-refractivity contribution in [3.05, 3.63) is 24.0 Å². The van der Waals surface area contributed by atoms with Gasteiger partial charge >= 0.3 is 0 Å². The first-order valence-electron chi connectivity index (χ1n) is 9.27. The van der Waals surface area contributed by atoms with Gasteiger partial charge in [-0.05, 0) is 24.6 Å². The molecule has 0 saturated carbocycles. The molecule has 0 saturated heterocycles. The second kappa shape index (κ2) is 11.9. The summed E-state index contributed by atoms with van der Waals surface area (Å²) in [6.45, 7) is 1.13. The minimum absolute atomic E-state index is 0.0198. The summed E-state index contributed by atoms with van der Waals surface area (Å²) in [4.78, 5) is 18.8. The number of halogens is 2. The number of imidazole rings is 1. The molecule has 0 aliphatic carbocycles. The molecule has 1 atom stereocenters. The number of fused-ring (bicyclic) bond motifs is 1. The SMILES string of the molecule is Cn1c(CCCC(=O)SCC(O)CO)nc2cc(N(CCCl)CCCl)ccc21. The minimum Gasteiger partial charge on any atom is -0.394 e. The van der Waals surface area contributed by atoms with E-state index in [2.05, 4.69) is 21.6 Å². The average molecular weight is 448 g/mol. The highest BCUT2D eigenvalue weighted by atomic mass is 35.5. The number of alkyl halides is 2. The molecule has 2 rings (SSSR count). The number of anilines is 1. The molecule has 0 amide bonds. The molecule has 0 aliphatic heterocycles. The van der Waals surface area contributed by atoms with Gasteiger partial charge < -0.3 is 19.7 Å². The zero-order valence-corrected chi connectivity index (χ0v) is 18.3. The van der Waals surface area contributed by atoms with E-state index < -0.39 is 6.10 Å². The van der Waals surface area contributed by atoms with Crippen molar-refractivity contribution < 1.29 is 15.0 Å². The smallest absolute Gasteiger partial charge is 0.189 e. The van der Waals surface area contributed by atoms with Gasteiger partial charge in [0.1, 0.15) is 5.82 Å². The van der Waals surface area contributed by atoms with Gasteiger partial charge in [-0.2, -0.15) is 0 Å². The number of carbonyl (C=O) groups excluding carboxylic acids is 1. The zero-order chi connectivity index (χ0) is 20.5. The van der Waals surface area contributed by atoms with Gasteiger partial charge in [-0.15, -0.1) is 23.2 Å². The summed E-state index contributed by atoms with van der Waals surface area (Å²) < 4.78 is 2.06. The van der Waals surface area contributed by atoms with E-state index in [1.54, 1.807) is 0 Å². The van der Waals surface area contributed by atoms with Gasteiger partial charge in [0.2, 0.25) is 0 Å². The third-order valence-electron chi connectivity index (χ3n) is 4.46. The number of carbonyl (C=O) groups is 1. The third kappa shape index (κ3) is 6.52. The molecule has 0 bridgehead atoms. The van der Waals surface area contributed by atoms with E-state index in [0.29, 0.717) is 31.0 Å². The Kier molecular flexibility index (Phi) is 9.88. The molecular formula is C19H27Cl2N3O3S. The van der Waals surface area contributed by atoms with Gasteiger partial charge in [-0.3, -0.25) is 4.79 Å². The Morgan fingerprint density at radius 3 is 2.68 bits per heavy atom. The lowest BCUT2D eigenvalue weighted by atomic mass is 10.2. The summed E-state index contributed by atoms with van der Waals surface area (Å²) in [5.41, 5.74) is 3.01. The fraction of sp³-hybridized carbons (Fsp3) is 0.579. The summed E-state index contributed by atoms with van der Waals surface area (Å²) in [6, 6.07) is 6.16. The maximum absolute atomic E-state index is 11.9. The van der Waals surface area contributed by atoms with E-state index >= 15 is 0 Å². The van der Waals surface area contributed by atoms with Gasteiger partial charge in [0.05, 0.1) is 23.7 Å². The van der Waals surface area contributed by atoms with Crippen LogP contribution in [0.1, 0.15) is 18.7 Å². The maximum atomic E-state index is 11.9. The van der Waals surface area contributed by atoms with Gasteiger partial charge in [0.15, 0.2) is 5.12 Å². The largest absolute Gasteiger partial charge is 0.394 e. The monoisotopic (exact) mass is 447 g/mol. The molecule has 6 nitrogen and oxygen atoms in total. The molecule has 2 N–H and O–H groups in total. The predicted molar refractivity (Wildman–Crippen MR) is 118 cm³/mol. The van der Waals surface area contributed by atoms with Gasteiger partial charge in [-0.25, -0.2) is 4.98 Å². The number of aliphatic hydroxyl groups is 2. The van der Waals surface area contributed by atoms with E-state index in [9.17, 15) is 9.90 Å². The standard InChI is InChI=1S/C19H27Cl2N3O3S/c1-23-17-6-5-14(24(9-7-20)10-8-21)11-16(17)22-18(23)3-2-4-19(27)28-13-15(26)12-25/h5-6,11,15,25-26H,2-4,7-10,12-13H2,1H3. The van der Waals surface area contributed by atoms with Gasteiger partial charge in [-0.1, -0.05) is 11.8 Å². The highest BCUT2D eigenvalue weighted by Crippen LogP contribution is 2.23. The normalized spacial score (nSPS) is 12.5. The van der Waals surface area contributed by atoms with Crippen molar-refractivity contribution >= 4 is 56.8 Å². The Hall–Kier alpha value is -0.990. The van der Waals surface area contributed by atoms with Crippen molar-refractivity contribution in [1.29, 1.82) is 0 Å². The van der Waals surface area contributed by atoms with Crippen LogP contribution in [0, 0.1) is 0 Å². The van der Waals surface area contributed by atoms with Crippen LogP contribution in [0.25, 0.3) is 11.0 Å². The molecule has 2 aromatic rings. The second-order valence-electron chi connectivity index (χ2n) is 6.50. The van der Waals surface area contributed by atoms with E-state index in [0.717, 1.165) is 47.4 Å². The molecule has 1 unspecified atom stereocenters. The molecule has 0 fully saturated rings. The molecule has 1 heterocycles. The molecule has 0 aliphatic rings. The Bertz CT molecular complexity index is 766. The van der Waals surface area contributed by atoms with Gasteiger partial charge in [0, 0.05) is 56.2 Å². The fourth-order valence-corrected chi connectivity index (χ4v) is 4.12. The first-order valence-corrected chi connectivity index (χ1v) is 11.3. The number of aryl methyl sites for hydroxylation is 2. The number of aromatic nitrogens is 2. The van der Waals surface area contributed by atoms with E-state index in [1.165, 1.54) is 0 Å². The van der Waals surface area contributed by atoms with Crippen molar-refractivity contribution in [2.75, 3.05) is 42.1 Å². The Balaban J connectivity index is 2.00. The number of nitrogens with zero attached hydrogens (tertiary/aromatic N) is 3. The van der Waals surface area contributed by atoms with Crippen molar-refractivity contribution in [2.45, 2.75) is 25.4 Å². The van der Waals surface area contributed by atoms with Crippen LogP contribution in [0.4, 0.5) is 5.69 Å². The van der Waals surface area contributed by atoms with Crippen molar-refractivity contribution in [3.8, 4) is 0 Å². The molecule has 1 aromatic heterocycles. The van der Waals surface area contributed by atoms with Crippen LogP contribution in [-0.4, -0.2) is 68.2 Å². The quantitative estimate of drug-likeness (QED) is 0.487. The van der Waals surface area contributed by atoms with Crippen molar-refractivity contribution in [1.82, 2.24) is 9.55 Å². The van der Waals surface area contributed by atoms with Crippen molar-refractivity contribution in [3.63, 3.8) is 0 Å². The highest BCUT2D eigenvalue weighted by Gasteiger charge is 2.13. The van der Waals surface area contributed by atoms with E-state index in [4.69, 9.17) is 33.3 Å². The average Bonchev–Trinajstić information content (AvgIpc) is 3.01. The lowest BCUT2D eigenvalue weighted by Crippen LogP contribution is -2.27. The third-order valence-corrected chi connectivity index (χ3v) is 5.88. The molecule has 0 spiro atoms. The first-order chi connectivity index (χ1) is 13.5. The number of hydrogen-bond donors (Lipinski definition) is 2. The Morgan fingerprint density at radius 1 is 1.32 bits per heavy atom. The number of rotatable bonds is 12. The van der Waals surface area contributed by atoms with E-state index in [-0.39, 0.29) is 17.5 Å². The summed E-state index contributed by atoms with van der Waals surface area (Å²) >= 11 is 12.9. The molecule has 1 aromatic carbocycles. The summed E-state index contributed by atoms with van der Waals surface area (Å²) in [6.07, 6.45) is 0.953. The van der Waals surface area contributed by atoms with Crippen LogP contribution in [0.15, 0.2) is 18.2 Å². The van der Waals surface area contributed by atoms with Crippen LogP contribution in [0.5, 0.6) is 0 Å². The van der Waals surface area contributed by atoms with Crippen LogP contribution < -0.4 is 4.90 Å². The highest BCUT2D eigenvalue weighted by molar-refractivity contribution is 8.13. The molecule has 156 valence electrons. The van der Waals surface area contributed by atoms with Crippen LogP contribution in [0.3, 0.4) is 0 Å². The first kappa shape index (κ1) is 23.3. The fourth-order valence-electron chi connectivity index (χ4n) is 2.94. The second-order valence-corrected chi connectivity index (χ2v) is 8.33. The Morgan fingerprint density at radius 2 is 2.04 bits per heavy atom. The lowest BCUT2D eigenvalue weighted by molar-refractivity contribution is -0.111. The predicted octanol–water partition coefficient (Wildman–Crippen LogP) is 2.79. The van der Waals surface area contributed by atoms with Crippen LogP contribution >= 0.6 is 35.0 Å².